The van der Waals surface area contributed by atoms with Crippen molar-refractivity contribution in [1.82, 2.24) is 5.06 Å². The Hall–Kier alpha value is -3.14. The molecule has 1 aliphatic rings. The van der Waals surface area contributed by atoms with Gasteiger partial charge in [-0.3, -0.25) is 14.9 Å². The smallest absolute Gasteiger partial charge is 0.412 e. The maximum atomic E-state index is 12.1. The third-order valence-electron chi connectivity index (χ3n) is 3.24. The summed E-state index contributed by atoms with van der Waals surface area (Å²) in [5.74, 6) is -2.41. The lowest BCUT2D eigenvalue weighted by Crippen LogP contribution is -2.30. The van der Waals surface area contributed by atoms with E-state index < -0.39 is 36.3 Å². The van der Waals surface area contributed by atoms with Crippen molar-refractivity contribution < 1.29 is 38.6 Å². The molecule has 0 spiro atoms. The Morgan fingerprint density at radius 1 is 1.19 bits per heavy atom. The quantitative estimate of drug-likeness (QED) is 0.343. The highest BCUT2D eigenvalue weighted by atomic mass is 16.8. The number of aromatic hydroxyl groups is 1. The number of rotatable bonds is 5. The highest BCUT2D eigenvalue weighted by Gasteiger charge is 2.30. The van der Waals surface area contributed by atoms with Gasteiger partial charge in [-0.05, 0) is 39.0 Å². The van der Waals surface area contributed by atoms with E-state index in [0.29, 0.717) is 5.06 Å². The van der Waals surface area contributed by atoms with Gasteiger partial charge >= 0.3 is 12.1 Å². The number of ether oxygens (including phenoxy) is 2. The van der Waals surface area contributed by atoms with Gasteiger partial charge < -0.3 is 14.6 Å². The van der Waals surface area contributed by atoms with Crippen LogP contribution in [0.1, 0.15) is 44.0 Å². The summed E-state index contributed by atoms with van der Waals surface area (Å²) in [6.07, 6.45) is -0.667. The first-order valence-corrected chi connectivity index (χ1v) is 8.05. The SMILES string of the molecule is CC(C)(C)OC(=O)Nc1ccc(O)c(C(=O)OCON2C(=O)CCC2=O)c1. The maximum absolute atomic E-state index is 12.1. The van der Waals surface area contributed by atoms with Crippen LogP contribution in [0.25, 0.3) is 0 Å². The number of phenolic OH excluding ortho intramolecular Hbond substituents is 1. The number of esters is 1. The number of carbonyl (C=O) groups is 4. The van der Waals surface area contributed by atoms with Crippen molar-refractivity contribution in [3.8, 4) is 5.75 Å². The van der Waals surface area contributed by atoms with E-state index in [-0.39, 0.29) is 29.8 Å². The first kappa shape index (κ1) is 20.2. The van der Waals surface area contributed by atoms with Crippen LogP contribution in [0.3, 0.4) is 0 Å². The van der Waals surface area contributed by atoms with E-state index in [1.54, 1.807) is 20.8 Å². The Labute approximate surface area is 154 Å². The van der Waals surface area contributed by atoms with E-state index in [4.69, 9.17) is 14.3 Å². The van der Waals surface area contributed by atoms with Gasteiger partial charge in [-0.2, -0.15) is 0 Å². The number of imide groups is 1. The fourth-order valence-electron chi connectivity index (χ4n) is 2.11. The van der Waals surface area contributed by atoms with Crippen LogP contribution >= 0.6 is 0 Å². The van der Waals surface area contributed by atoms with E-state index in [1.165, 1.54) is 18.2 Å². The lowest BCUT2D eigenvalue weighted by atomic mass is 10.2. The number of nitrogens with zero attached hydrogens (tertiary/aromatic N) is 1. The number of amides is 3. The Kier molecular flexibility index (Phi) is 6.01. The molecule has 0 unspecified atom stereocenters. The second-order valence-electron chi connectivity index (χ2n) is 6.62. The van der Waals surface area contributed by atoms with Crippen LogP contribution < -0.4 is 5.32 Å². The van der Waals surface area contributed by atoms with Crippen molar-refractivity contribution in [1.29, 1.82) is 0 Å². The van der Waals surface area contributed by atoms with Crippen molar-refractivity contribution in [3.05, 3.63) is 23.8 Å². The molecule has 1 aliphatic heterocycles. The molecular formula is C17H20N2O8. The summed E-state index contributed by atoms with van der Waals surface area (Å²) in [7, 11) is 0. The zero-order valence-corrected chi connectivity index (χ0v) is 15.1. The fraction of sp³-hybridized carbons (Fsp3) is 0.412. The first-order valence-electron chi connectivity index (χ1n) is 8.05. The number of phenols is 1. The van der Waals surface area contributed by atoms with Gasteiger partial charge in [0.1, 0.15) is 16.9 Å². The summed E-state index contributed by atoms with van der Waals surface area (Å²) in [5.41, 5.74) is -0.754. The van der Waals surface area contributed by atoms with E-state index in [9.17, 15) is 24.3 Å². The predicted octanol–water partition coefficient (Wildman–Crippen LogP) is 1.93. The number of hydroxylamine groups is 2. The Morgan fingerprint density at radius 3 is 2.41 bits per heavy atom. The Bertz CT molecular complexity index is 753. The van der Waals surface area contributed by atoms with Crippen LogP contribution in [-0.2, 0) is 23.9 Å². The average Bonchev–Trinajstić information content (AvgIpc) is 2.86. The van der Waals surface area contributed by atoms with Crippen molar-refractivity contribution >= 4 is 29.6 Å². The molecule has 0 bridgehead atoms. The fourth-order valence-corrected chi connectivity index (χ4v) is 2.11. The summed E-state index contributed by atoms with van der Waals surface area (Å²) in [6.45, 7) is 4.39. The van der Waals surface area contributed by atoms with Crippen LogP contribution in [0.15, 0.2) is 18.2 Å². The van der Waals surface area contributed by atoms with Crippen molar-refractivity contribution in [3.63, 3.8) is 0 Å². The minimum atomic E-state index is -0.973. The molecule has 1 saturated heterocycles. The maximum Gasteiger partial charge on any atom is 0.412 e. The second-order valence-corrected chi connectivity index (χ2v) is 6.62. The molecule has 1 heterocycles. The third-order valence-corrected chi connectivity index (χ3v) is 3.24. The summed E-state index contributed by atoms with van der Waals surface area (Å²) >= 11 is 0. The Morgan fingerprint density at radius 2 is 1.81 bits per heavy atom. The van der Waals surface area contributed by atoms with Crippen molar-refractivity contribution in [2.45, 2.75) is 39.2 Å². The molecule has 0 saturated carbocycles. The van der Waals surface area contributed by atoms with Crippen LogP contribution in [0.2, 0.25) is 0 Å². The number of nitrogens with one attached hydrogen (secondary N) is 1. The number of carbonyl (C=O) groups excluding carboxylic acids is 4. The highest BCUT2D eigenvalue weighted by Crippen LogP contribution is 2.23. The zero-order valence-electron chi connectivity index (χ0n) is 15.1. The number of benzene rings is 1. The van der Waals surface area contributed by atoms with Crippen LogP contribution in [0, 0.1) is 0 Å². The van der Waals surface area contributed by atoms with Crippen LogP contribution in [0.4, 0.5) is 10.5 Å². The van der Waals surface area contributed by atoms with E-state index >= 15 is 0 Å². The first-order chi connectivity index (χ1) is 12.6. The van der Waals surface area contributed by atoms with Gasteiger partial charge in [0.15, 0.2) is 0 Å². The van der Waals surface area contributed by atoms with Crippen LogP contribution in [0.5, 0.6) is 5.75 Å². The van der Waals surface area contributed by atoms with Gasteiger partial charge in [0.2, 0.25) is 6.79 Å². The lowest BCUT2D eigenvalue weighted by Gasteiger charge is -2.19. The molecule has 0 aromatic heterocycles. The summed E-state index contributed by atoms with van der Waals surface area (Å²) in [5, 5.41) is 12.8. The molecule has 10 heteroatoms. The van der Waals surface area contributed by atoms with Crippen LogP contribution in [-0.4, -0.2) is 46.4 Å². The molecule has 0 radical (unpaired) electrons. The predicted molar refractivity (Wildman–Crippen MR) is 90.4 cm³/mol. The molecule has 0 aliphatic carbocycles. The molecule has 2 N–H and O–H groups in total. The zero-order chi connectivity index (χ0) is 20.2. The largest absolute Gasteiger partial charge is 0.507 e. The molecule has 3 amide bonds. The van der Waals surface area contributed by atoms with E-state index in [1.807, 2.05) is 0 Å². The minimum absolute atomic E-state index is 0.0337. The molecular weight excluding hydrogens is 360 g/mol. The molecule has 1 aromatic carbocycles. The van der Waals surface area contributed by atoms with Gasteiger partial charge in [-0.1, -0.05) is 0 Å². The second kappa shape index (κ2) is 8.04. The summed E-state index contributed by atoms with van der Waals surface area (Å²) in [6, 6.07) is 3.75. The van der Waals surface area contributed by atoms with Gasteiger partial charge in [0.25, 0.3) is 11.8 Å². The molecule has 2 rings (SSSR count). The van der Waals surface area contributed by atoms with Crippen molar-refractivity contribution in [2.24, 2.45) is 0 Å². The van der Waals surface area contributed by atoms with E-state index in [0.717, 1.165) is 0 Å². The summed E-state index contributed by atoms with van der Waals surface area (Å²) < 4.78 is 9.89. The molecule has 1 aromatic rings. The Balaban J connectivity index is 1.96. The van der Waals surface area contributed by atoms with Gasteiger partial charge in [0, 0.05) is 18.5 Å². The molecule has 146 valence electrons. The monoisotopic (exact) mass is 380 g/mol. The number of hydrogen-bond donors (Lipinski definition) is 2. The molecule has 0 atom stereocenters. The standard InChI is InChI=1S/C17H20N2O8/c1-17(2,3)27-16(24)18-10-4-5-12(20)11(8-10)15(23)25-9-26-19-13(21)6-7-14(19)22/h4-5,8,20H,6-7,9H2,1-3H3,(H,18,24). The van der Waals surface area contributed by atoms with E-state index in [2.05, 4.69) is 5.32 Å². The van der Waals surface area contributed by atoms with Gasteiger partial charge in [-0.25, -0.2) is 14.4 Å². The number of hydrogen-bond acceptors (Lipinski definition) is 8. The number of anilines is 1. The topological polar surface area (TPSA) is 131 Å². The normalized spacial score (nSPS) is 14.3. The molecule has 10 nitrogen and oxygen atoms in total. The molecule has 1 fully saturated rings. The molecule has 27 heavy (non-hydrogen) atoms. The summed E-state index contributed by atoms with van der Waals surface area (Å²) in [4.78, 5) is 51.4. The van der Waals surface area contributed by atoms with Gasteiger partial charge in [-0.15, -0.1) is 5.06 Å². The average molecular weight is 380 g/mol. The highest BCUT2D eigenvalue weighted by molar-refractivity contribution is 6.00. The third kappa shape index (κ3) is 5.68. The van der Waals surface area contributed by atoms with Crippen molar-refractivity contribution in [2.75, 3.05) is 12.1 Å². The van der Waals surface area contributed by atoms with Gasteiger partial charge in [0.05, 0.1) is 0 Å². The lowest BCUT2D eigenvalue weighted by molar-refractivity contribution is -0.208. The minimum Gasteiger partial charge on any atom is -0.507 e.